The second kappa shape index (κ2) is 5.18. The van der Waals surface area contributed by atoms with Gasteiger partial charge in [-0.25, -0.2) is 0 Å². The summed E-state index contributed by atoms with van der Waals surface area (Å²) in [6, 6.07) is 4.97. The largest absolute Gasteiger partial charge is 0.471 e. The van der Waals surface area contributed by atoms with Gasteiger partial charge in [0, 0.05) is 11.3 Å². The highest BCUT2D eigenvalue weighted by Gasteiger charge is 2.38. The normalized spacial score (nSPS) is 11.1. The highest BCUT2D eigenvalue weighted by molar-refractivity contribution is 6.30. The number of hydrogen-bond donors (Lipinski definition) is 1. The van der Waals surface area contributed by atoms with Gasteiger partial charge in [0.1, 0.15) is 0 Å². The zero-order valence-electron chi connectivity index (χ0n) is 8.34. The van der Waals surface area contributed by atoms with E-state index in [2.05, 4.69) is 0 Å². The Bertz CT molecular complexity index is 428. The van der Waals surface area contributed by atoms with Crippen molar-refractivity contribution in [3.63, 3.8) is 0 Å². The summed E-state index contributed by atoms with van der Waals surface area (Å²) in [5, 5.41) is 1.66. The number of halogens is 4. The van der Waals surface area contributed by atoms with Gasteiger partial charge in [-0.1, -0.05) is 0 Å². The summed E-state index contributed by atoms with van der Waals surface area (Å²) >= 11 is 5.30. The van der Waals surface area contributed by atoms with E-state index in [-0.39, 0.29) is 22.9 Å². The molecule has 0 unspecified atom stereocenters. The van der Waals surface area contributed by atoms with Crippen LogP contribution < -0.4 is 5.32 Å². The van der Waals surface area contributed by atoms with Crippen LogP contribution in [-0.2, 0) is 4.79 Å². The molecule has 1 rings (SSSR count). The molecule has 1 amide bonds. The van der Waals surface area contributed by atoms with Crippen LogP contribution in [0.3, 0.4) is 0 Å². The first-order valence-electron chi connectivity index (χ1n) is 4.42. The molecular formula is C10H7ClF3NO2. The fourth-order valence-corrected chi connectivity index (χ4v) is 1.17. The van der Waals surface area contributed by atoms with Crippen LogP contribution in [0.4, 0.5) is 18.9 Å². The Morgan fingerprint density at radius 1 is 1.18 bits per heavy atom. The third-order valence-corrected chi connectivity index (χ3v) is 2.09. The van der Waals surface area contributed by atoms with E-state index < -0.39 is 12.1 Å². The molecule has 0 fully saturated rings. The van der Waals surface area contributed by atoms with Crippen LogP contribution in [0.1, 0.15) is 10.4 Å². The average Bonchev–Trinajstić information content (AvgIpc) is 2.27. The van der Waals surface area contributed by atoms with Gasteiger partial charge in [-0.3, -0.25) is 9.59 Å². The number of Topliss-reactive ketones (excluding diaryl/α,β-unsaturated/α-hetero) is 1. The van der Waals surface area contributed by atoms with Gasteiger partial charge in [0.2, 0.25) is 0 Å². The standard InChI is InChI=1S/C10H7ClF3NO2/c11-5-8(16)6-1-3-7(4-2-6)15-9(17)10(12,13)14/h1-4H,5H2,(H,15,17). The molecule has 7 heteroatoms. The van der Waals surface area contributed by atoms with E-state index in [1.165, 1.54) is 24.3 Å². The van der Waals surface area contributed by atoms with Gasteiger partial charge >= 0.3 is 12.1 Å². The van der Waals surface area contributed by atoms with Crippen molar-refractivity contribution in [3.8, 4) is 0 Å². The first kappa shape index (κ1) is 13.5. The molecule has 0 radical (unpaired) electrons. The molecule has 92 valence electrons. The lowest BCUT2D eigenvalue weighted by atomic mass is 10.1. The van der Waals surface area contributed by atoms with Crippen molar-refractivity contribution in [1.29, 1.82) is 0 Å². The first-order valence-corrected chi connectivity index (χ1v) is 4.95. The molecule has 3 nitrogen and oxygen atoms in total. The van der Waals surface area contributed by atoms with Crippen molar-refractivity contribution in [3.05, 3.63) is 29.8 Å². The molecule has 0 spiro atoms. The number of nitrogens with one attached hydrogen (secondary N) is 1. The number of rotatable bonds is 3. The third kappa shape index (κ3) is 3.74. The fraction of sp³-hybridized carbons (Fsp3) is 0.200. The SMILES string of the molecule is O=C(CCl)c1ccc(NC(=O)C(F)(F)F)cc1. The van der Waals surface area contributed by atoms with Crippen molar-refractivity contribution in [2.75, 3.05) is 11.2 Å². The summed E-state index contributed by atoms with van der Waals surface area (Å²) in [5.41, 5.74) is 0.225. The van der Waals surface area contributed by atoms with Crippen molar-refractivity contribution in [2.45, 2.75) is 6.18 Å². The van der Waals surface area contributed by atoms with Crippen molar-refractivity contribution >= 4 is 29.0 Å². The highest BCUT2D eigenvalue weighted by atomic mass is 35.5. The van der Waals surface area contributed by atoms with Gasteiger partial charge in [0.25, 0.3) is 0 Å². The topological polar surface area (TPSA) is 46.2 Å². The van der Waals surface area contributed by atoms with Gasteiger partial charge in [-0.05, 0) is 24.3 Å². The van der Waals surface area contributed by atoms with Gasteiger partial charge in [-0.15, -0.1) is 11.6 Å². The molecule has 1 aromatic carbocycles. The van der Waals surface area contributed by atoms with Crippen LogP contribution in [0.5, 0.6) is 0 Å². The van der Waals surface area contributed by atoms with Crippen LogP contribution in [0.2, 0.25) is 0 Å². The number of amides is 1. The molecule has 0 saturated carbocycles. The summed E-state index contributed by atoms with van der Waals surface area (Å²) in [7, 11) is 0. The first-order chi connectivity index (χ1) is 7.84. The minimum Gasteiger partial charge on any atom is -0.318 e. The minimum absolute atomic E-state index is 0.0431. The van der Waals surface area contributed by atoms with Crippen molar-refractivity contribution in [1.82, 2.24) is 0 Å². The molecule has 0 aliphatic carbocycles. The molecule has 0 aliphatic heterocycles. The highest BCUT2D eigenvalue weighted by Crippen LogP contribution is 2.18. The Hall–Kier alpha value is -1.56. The minimum atomic E-state index is -4.94. The van der Waals surface area contributed by atoms with Crippen molar-refractivity contribution < 1.29 is 22.8 Å². The number of anilines is 1. The van der Waals surface area contributed by atoms with Crippen LogP contribution in [0.25, 0.3) is 0 Å². The number of carbonyl (C=O) groups is 2. The zero-order chi connectivity index (χ0) is 13.1. The fourth-order valence-electron chi connectivity index (χ4n) is 1.02. The molecule has 0 aliphatic rings. The lowest BCUT2D eigenvalue weighted by molar-refractivity contribution is -0.167. The summed E-state index contributed by atoms with van der Waals surface area (Å²) in [6.07, 6.45) is -4.94. The molecule has 1 aromatic rings. The van der Waals surface area contributed by atoms with E-state index in [1.807, 2.05) is 0 Å². The van der Waals surface area contributed by atoms with Crippen molar-refractivity contribution in [2.24, 2.45) is 0 Å². The van der Waals surface area contributed by atoms with Crippen LogP contribution in [0, 0.1) is 0 Å². The third-order valence-electron chi connectivity index (χ3n) is 1.84. The van der Waals surface area contributed by atoms with Gasteiger partial charge in [0.15, 0.2) is 5.78 Å². The Morgan fingerprint density at radius 2 is 1.71 bits per heavy atom. The predicted octanol–water partition coefficient (Wildman–Crippen LogP) is 2.61. The molecular weight excluding hydrogens is 259 g/mol. The molecule has 1 N–H and O–H groups in total. The molecule has 0 atom stereocenters. The Kier molecular flexibility index (Phi) is 4.11. The molecule has 0 aromatic heterocycles. The number of benzene rings is 1. The second-order valence-corrected chi connectivity index (χ2v) is 3.35. The quantitative estimate of drug-likeness (QED) is 0.674. The number of hydrogen-bond acceptors (Lipinski definition) is 2. The number of ketones is 1. The van der Waals surface area contributed by atoms with Crippen LogP contribution >= 0.6 is 11.6 Å². The lowest BCUT2D eigenvalue weighted by Crippen LogP contribution is -2.29. The monoisotopic (exact) mass is 265 g/mol. The van der Waals surface area contributed by atoms with E-state index in [9.17, 15) is 22.8 Å². The Balaban J connectivity index is 2.76. The molecule has 0 saturated heterocycles. The van der Waals surface area contributed by atoms with E-state index in [0.717, 1.165) is 0 Å². The maximum Gasteiger partial charge on any atom is 0.471 e. The van der Waals surface area contributed by atoms with E-state index in [4.69, 9.17) is 11.6 Å². The molecule has 0 heterocycles. The van der Waals surface area contributed by atoms with Crippen LogP contribution in [0.15, 0.2) is 24.3 Å². The number of alkyl halides is 4. The van der Waals surface area contributed by atoms with Gasteiger partial charge in [0.05, 0.1) is 5.88 Å². The van der Waals surface area contributed by atoms with E-state index in [1.54, 1.807) is 5.32 Å². The average molecular weight is 266 g/mol. The smallest absolute Gasteiger partial charge is 0.318 e. The Morgan fingerprint density at radius 3 is 2.12 bits per heavy atom. The van der Waals surface area contributed by atoms with Gasteiger partial charge < -0.3 is 5.32 Å². The summed E-state index contributed by atoms with van der Waals surface area (Å²) in [6.45, 7) is 0. The summed E-state index contributed by atoms with van der Waals surface area (Å²) in [5.74, 6) is -2.62. The summed E-state index contributed by atoms with van der Waals surface area (Å²) in [4.78, 5) is 21.7. The Labute approximate surface area is 99.6 Å². The van der Waals surface area contributed by atoms with Gasteiger partial charge in [-0.2, -0.15) is 13.2 Å². The van der Waals surface area contributed by atoms with E-state index >= 15 is 0 Å². The summed E-state index contributed by atoms with van der Waals surface area (Å²) < 4.78 is 35.7. The van der Waals surface area contributed by atoms with Crippen LogP contribution in [-0.4, -0.2) is 23.7 Å². The number of carbonyl (C=O) groups excluding carboxylic acids is 2. The van der Waals surface area contributed by atoms with E-state index in [0.29, 0.717) is 0 Å². The maximum absolute atomic E-state index is 11.9. The predicted molar refractivity (Wildman–Crippen MR) is 56.2 cm³/mol. The second-order valence-electron chi connectivity index (χ2n) is 3.09. The molecule has 17 heavy (non-hydrogen) atoms. The maximum atomic E-state index is 11.9. The molecule has 0 bridgehead atoms. The lowest BCUT2D eigenvalue weighted by Gasteiger charge is -2.07. The zero-order valence-corrected chi connectivity index (χ0v) is 9.10.